The van der Waals surface area contributed by atoms with Crippen molar-refractivity contribution in [1.29, 1.82) is 0 Å². The lowest BCUT2D eigenvalue weighted by molar-refractivity contribution is -0.138. The van der Waals surface area contributed by atoms with Crippen LogP contribution in [0.3, 0.4) is 0 Å². The van der Waals surface area contributed by atoms with Gasteiger partial charge in [-0.25, -0.2) is 9.59 Å². The summed E-state index contributed by atoms with van der Waals surface area (Å²) in [7, 11) is 0. The van der Waals surface area contributed by atoms with Crippen molar-refractivity contribution in [3.8, 4) is 0 Å². The number of ether oxygens (including phenoxy) is 1. The van der Waals surface area contributed by atoms with E-state index in [0.29, 0.717) is 27.9 Å². The van der Waals surface area contributed by atoms with E-state index in [0.717, 1.165) is 0 Å². The molecule has 100 valence electrons. The van der Waals surface area contributed by atoms with E-state index >= 15 is 0 Å². The molecule has 7 heteroatoms. The Balaban J connectivity index is 1.97. The molecule has 2 N–H and O–H groups in total. The smallest absolute Gasteiger partial charge is 0.332 e. The average molecular weight is 301 g/mol. The van der Waals surface area contributed by atoms with E-state index < -0.39 is 12.0 Å². The summed E-state index contributed by atoms with van der Waals surface area (Å²) in [5.41, 5.74) is 1.01. The van der Waals surface area contributed by atoms with Gasteiger partial charge in [0, 0.05) is 23.9 Å². The van der Waals surface area contributed by atoms with Gasteiger partial charge in [-0.2, -0.15) is 0 Å². The molecule has 0 atom stereocenters. The number of urea groups is 1. The van der Waals surface area contributed by atoms with Gasteiger partial charge in [-0.3, -0.25) is 0 Å². The highest BCUT2D eigenvalue weighted by Crippen LogP contribution is 2.24. The van der Waals surface area contributed by atoms with Crippen molar-refractivity contribution in [1.82, 2.24) is 5.32 Å². The summed E-state index contributed by atoms with van der Waals surface area (Å²) >= 11 is 11.6. The molecule has 0 aliphatic carbocycles. The molecule has 0 unspecified atom stereocenters. The first-order valence-electron chi connectivity index (χ1n) is 5.45. The van der Waals surface area contributed by atoms with Gasteiger partial charge in [0.05, 0.1) is 16.7 Å². The number of cyclic esters (lactones) is 1. The molecule has 1 aliphatic heterocycles. The van der Waals surface area contributed by atoms with Gasteiger partial charge in [0.15, 0.2) is 0 Å². The van der Waals surface area contributed by atoms with Crippen molar-refractivity contribution in [2.75, 3.05) is 11.9 Å². The predicted molar refractivity (Wildman–Crippen MR) is 72.3 cm³/mol. The third-order valence-corrected chi connectivity index (χ3v) is 3.10. The van der Waals surface area contributed by atoms with E-state index in [-0.39, 0.29) is 6.61 Å². The third kappa shape index (κ3) is 3.87. The minimum Gasteiger partial charge on any atom is -0.462 e. The first kappa shape index (κ1) is 13.7. The molecule has 1 aromatic rings. The van der Waals surface area contributed by atoms with Crippen molar-refractivity contribution in [2.24, 2.45) is 0 Å². The normalized spacial score (nSPS) is 14.4. The highest BCUT2D eigenvalue weighted by molar-refractivity contribution is 6.42. The molecular weight excluding hydrogens is 291 g/mol. The Kier molecular flexibility index (Phi) is 4.29. The van der Waals surface area contributed by atoms with Gasteiger partial charge in [0.1, 0.15) is 0 Å². The van der Waals surface area contributed by atoms with Crippen LogP contribution < -0.4 is 10.6 Å². The number of anilines is 1. The van der Waals surface area contributed by atoms with Crippen molar-refractivity contribution in [2.45, 2.75) is 6.42 Å². The number of benzene rings is 1. The predicted octanol–water partition coefficient (Wildman–Crippen LogP) is 2.95. The molecule has 19 heavy (non-hydrogen) atoms. The van der Waals surface area contributed by atoms with Crippen molar-refractivity contribution in [3.05, 3.63) is 40.0 Å². The topological polar surface area (TPSA) is 67.4 Å². The molecule has 0 bridgehead atoms. The molecule has 0 radical (unpaired) electrons. The lowest BCUT2D eigenvalue weighted by atomic mass is 10.2. The zero-order valence-corrected chi connectivity index (χ0v) is 11.2. The molecule has 1 heterocycles. The van der Waals surface area contributed by atoms with E-state index in [2.05, 4.69) is 10.6 Å². The van der Waals surface area contributed by atoms with E-state index in [1.54, 1.807) is 12.1 Å². The second kappa shape index (κ2) is 5.95. The largest absolute Gasteiger partial charge is 0.462 e. The van der Waals surface area contributed by atoms with Gasteiger partial charge in [0.2, 0.25) is 0 Å². The maximum Gasteiger partial charge on any atom is 0.332 e. The Morgan fingerprint density at radius 3 is 2.68 bits per heavy atom. The second-order valence-corrected chi connectivity index (χ2v) is 4.61. The maximum atomic E-state index is 11.7. The van der Waals surface area contributed by atoms with Crippen LogP contribution in [0.25, 0.3) is 0 Å². The van der Waals surface area contributed by atoms with Crippen LogP contribution in [0.5, 0.6) is 0 Å². The van der Waals surface area contributed by atoms with Crippen LogP contribution in [0.2, 0.25) is 10.0 Å². The van der Waals surface area contributed by atoms with Crippen LogP contribution in [0.15, 0.2) is 30.0 Å². The monoisotopic (exact) mass is 300 g/mol. The number of halogens is 2. The number of carbonyl (C=O) groups excluding carboxylic acids is 2. The highest BCUT2D eigenvalue weighted by atomic mass is 35.5. The standard InChI is InChI=1S/C12H10Cl2N2O3/c13-9-2-1-7(5-10(9)14)15-12(18)16-8-3-4-19-11(17)6-8/h1-2,5-6H,3-4H2,(H2,15,16,18). The van der Waals surface area contributed by atoms with Crippen LogP contribution in [-0.4, -0.2) is 18.6 Å². The highest BCUT2D eigenvalue weighted by Gasteiger charge is 2.13. The summed E-state index contributed by atoms with van der Waals surface area (Å²) in [6.07, 6.45) is 1.72. The summed E-state index contributed by atoms with van der Waals surface area (Å²) in [6.45, 7) is 0.262. The van der Waals surface area contributed by atoms with E-state index in [9.17, 15) is 9.59 Å². The Morgan fingerprint density at radius 2 is 2.00 bits per heavy atom. The average Bonchev–Trinajstić information content (AvgIpc) is 2.34. The summed E-state index contributed by atoms with van der Waals surface area (Å²) < 4.78 is 4.72. The van der Waals surface area contributed by atoms with Crippen molar-refractivity contribution in [3.63, 3.8) is 0 Å². The van der Waals surface area contributed by atoms with E-state index in [1.165, 1.54) is 12.1 Å². The van der Waals surface area contributed by atoms with Crippen LogP contribution in [0, 0.1) is 0 Å². The molecule has 0 aromatic heterocycles. The summed E-state index contributed by atoms with van der Waals surface area (Å²) in [6, 6.07) is 4.28. The van der Waals surface area contributed by atoms with Crippen LogP contribution in [-0.2, 0) is 9.53 Å². The van der Waals surface area contributed by atoms with Gasteiger partial charge in [-0.1, -0.05) is 23.2 Å². The number of carbonyl (C=O) groups is 2. The Hall–Kier alpha value is -1.72. The van der Waals surface area contributed by atoms with Gasteiger partial charge in [-0.15, -0.1) is 0 Å². The number of nitrogens with one attached hydrogen (secondary N) is 2. The minimum atomic E-state index is -0.462. The molecule has 1 aliphatic rings. The van der Waals surface area contributed by atoms with Gasteiger partial charge in [0.25, 0.3) is 0 Å². The zero-order valence-electron chi connectivity index (χ0n) is 9.70. The number of hydrogen-bond acceptors (Lipinski definition) is 3. The quantitative estimate of drug-likeness (QED) is 0.825. The summed E-state index contributed by atoms with van der Waals surface area (Å²) in [5.74, 6) is -0.462. The molecular formula is C12H10Cl2N2O3. The number of hydrogen-bond donors (Lipinski definition) is 2. The Morgan fingerprint density at radius 1 is 1.21 bits per heavy atom. The van der Waals surface area contributed by atoms with Gasteiger partial charge < -0.3 is 15.4 Å². The zero-order chi connectivity index (χ0) is 13.8. The SMILES string of the molecule is O=C(NC1=CC(=O)OCC1)Nc1ccc(Cl)c(Cl)c1. The fraction of sp³-hybridized carbons (Fsp3) is 0.167. The van der Waals surface area contributed by atoms with Gasteiger partial charge >= 0.3 is 12.0 Å². The second-order valence-electron chi connectivity index (χ2n) is 3.80. The first-order chi connectivity index (χ1) is 9.04. The Labute approximate surface area is 119 Å². The summed E-state index contributed by atoms with van der Waals surface area (Å²) in [4.78, 5) is 22.7. The van der Waals surface area contributed by atoms with Crippen LogP contribution in [0.1, 0.15) is 6.42 Å². The molecule has 0 fully saturated rings. The summed E-state index contributed by atoms with van der Waals surface area (Å²) in [5, 5.41) is 5.91. The molecule has 2 rings (SSSR count). The van der Waals surface area contributed by atoms with E-state index in [1.807, 2.05) is 0 Å². The lowest BCUT2D eigenvalue weighted by Gasteiger charge is -2.14. The molecule has 0 saturated carbocycles. The van der Waals surface area contributed by atoms with Crippen LogP contribution in [0.4, 0.5) is 10.5 Å². The fourth-order valence-corrected chi connectivity index (χ4v) is 1.80. The minimum absolute atomic E-state index is 0.262. The third-order valence-electron chi connectivity index (χ3n) is 2.36. The number of esters is 1. The van der Waals surface area contributed by atoms with E-state index in [4.69, 9.17) is 27.9 Å². The van der Waals surface area contributed by atoms with Crippen LogP contribution >= 0.6 is 23.2 Å². The molecule has 2 amide bonds. The van der Waals surface area contributed by atoms with Crippen molar-refractivity contribution < 1.29 is 14.3 Å². The molecule has 1 aromatic carbocycles. The first-order valence-corrected chi connectivity index (χ1v) is 6.20. The molecule has 5 nitrogen and oxygen atoms in total. The van der Waals surface area contributed by atoms with Gasteiger partial charge in [-0.05, 0) is 18.2 Å². The number of rotatable bonds is 2. The Bertz CT molecular complexity index is 558. The molecule has 0 saturated heterocycles. The van der Waals surface area contributed by atoms with Crippen molar-refractivity contribution >= 4 is 40.9 Å². The lowest BCUT2D eigenvalue weighted by Crippen LogP contribution is -2.30. The fourth-order valence-electron chi connectivity index (χ4n) is 1.50. The maximum absolute atomic E-state index is 11.7. The number of amides is 2. The molecule has 0 spiro atoms.